The minimum Gasteiger partial charge on any atom is -0.387 e. The predicted molar refractivity (Wildman–Crippen MR) is 74.5 cm³/mol. The molecule has 0 radical (unpaired) electrons. The molecule has 0 saturated heterocycles. The minimum atomic E-state index is -0.620. The van der Waals surface area contributed by atoms with Crippen molar-refractivity contribution in [3.05, 3.63) is 42.2 Å². The Bertz CT molecular complexity index is 558. The summed E-state index contributed by atoms with van der Waals surface area (Å²) in [6.45, 7) is 0. The van der Waals surface area contributed by atoms with Crippen molar-refractivity contribution in [3.63, 3.8) is 0 Å². The van der Waals surface area contributed by atoms with Crippen molar-refractivity contribution in [1.82, 2.24) is 15.0 Å². The first-order valence-corrected chi connectivity index (χ1v) is 6.93. The van der Waals surface area contributed by atoms with Gasteiger partial charge in [0.25, 0.3) is 0 Å². The van der Waals surface area contributed by atoms with Crippen LogP contribution in [0.15, 0.2) is 36.5 Å². The zero-order valence-corrected chi connectivity index (χ0v) is 11.6. The van der Waals surface area contributed by atoms with E-state index >= 15 is 0 Å². The van der Waals surface area contributed by atoms with E-state index in [4.69, 9.17) is 4.74 Å². The molecule has 1 aromatic heterocycles. The average Bonchev–Trinajstić information content (AvgIpc) is 2.93. The molecular weight excluding hydrogens is 254 g/mol. The van der Waals surface area contributed by atoms with Gasteiger partial charge >= 0.3 is 0 Å². The highest BCUT2D eigenvalue weighted by Crippen LogP contribution is 2.41. The molecule has 0 aliphatic heterocycles. The first-order chi connectivity index (χ1) is 9.74. The van der Waals surface area contributed by atoms with E-state index in [2.05, 4.69) is 10.3 Å². The van der Waals surface area contributed by atoms with E-state index in [1.165, 1.54) is 0 Å². The second-order valence-electron chi connectivity index (χ2n) is 5.37. The SMILES string of the molecule is COC1(CC(O)c2cnnn2-c2ccccc2)CCC1. The summed E-state index contributed by atoms with van der Waals surface area (Å²) < 4.78 is 7.27. The van der Waals surface area contributed by atoms with E-state index in [0.29, 0.717) is 12.1 Å². The standard InChI is InChI=1S/C15H19N3O2/c1-20-15(8-5-9-15)10-14(19)13-11-16-17-18(13)12-6-3-2-4-7-12/h2-4,6-7,11,14,19H,5,8-10H2,1H3. The number of nitrogens with zero attached hydrogens (tertiary/aromatic N) is 3. The molecule has 3 rings (SSSR count). The molecule has 0 bridgehead atoms. The summed E-state index contributed by atoms with van der Waals surface area (Å²) >= 11 is 0. The van der Waals surface area contributed by atoms with Crippen LogP contribution in [0.1, 0.15) is 37.5 Å². The molecule has 5 nitrogen and oxygen atoms in total. The number of para-hydroxylation sites is 1. The average molecular weight is 273 g/mol. The summed E-state index contributed by atoms with van der Waals surface area (Å²) in [5.41, 5.74) is 1.43. The number of hydrogen-bond donors (Lipinski definition) is 1. The van der Waals surface area contributed by atoms with Gasteiger partial charge in [-0.1, -0.05) is 23.4 Å². The smallest absolute Gasteiger partial charge is 0.100 e. The number of aliphatic hydroxyl groups excluding tert-OH is 1. The van der Waals surface area contributed by atoms with Gasteiger partial charge in [-0.2, -0.15) is 0 Å². The fourth-order valence-corrected chi connectivity index (χ4v) is 2.76. The van der Waals surface area contributed by atoms with Gasteiger partial charge in [-0.15, -0.1) is 5.10 Å². The Morgan fingerprint density at radius 3 is 2.70 bits per heavy atom. The minimum absolute atomic E-state index is 0.175. The maximum Gasteiger partial charge on any atom is 0.100 e. The van der Waals surface area contributed by atoms with Crippen molar-refractivity contribution in [2.24, 2.45) is 0 Å². The Balaban J connectivity index is 1.82. The maximum atomic E-state index is 10.5. The number of hydrogen-bond acceptors (Lipinski definition) is 4. The third kappa shape index (κ3) is 2.34. The van der Waals surface area contributed by atoms with Gasteiger partial charge in [0, 0.05) is 13.5 Å². The summed E-state index contributed by atoms with van der Waals surface area (Å²) in [6.07, 6.45) is 4.77. The molecule has 1 fully saturated rings. The lowest BCUT2D eigenvalue weighted by molar-refractivity contribution is -0.101. The van der Waals surface area contributed by atoms with Crippen LogP contribution in [0.2, 0.25) is 0 Å². The molecule has 2 aromatic rings. The Labute approximate surface area is 118 Å². The van der Waals surface area contributed by atoms with Gasteiger partial charge in [-0.25, -0.2) is 4.68 Å². The molecular formula is C15H19N3O2. The molecule has 1 aliphatic carbocycles. The Morgan fingerprint density at radius 1 is 1.35 bits per heavy atom. The Morgan fingerprint density at radius 2 is 2.10 bits per heavy atom. The van der Waals surface area contributed by atoms with Crippen LogP contribution in [-0.2, 0) is 4.74 Å². The van der Waals surface area contributed by atoms with Gasteiger partial charge in [0.05, 0.1) is 23.2 Å². The molecule has 20 heavy (non-hydrogen) atoms. The number of benzene rings is 1. The highest BCUT2D eigenvalue weighted by molar-refractivity contribution is 5.32. The van der Waals surface area contributed by atoms with E-state index in [-0.39, 0.29) is 5.60 Å². The number of aromatic nitrogens is 3. The molecule has 1 aliphatic rings. The van der Waals surface area contributed by atoms with E-state index in [9.17, 15) is 5.11 Å². The first kappa shape index (κ1) is 13.3. The highest BCUT2D eigenvalue weighted by Gasteiger charge is 2.39. The third-order valence-electron chi connectivity index (χ3n) is 4.18. The second-order valence-corrected chi connectivity index (χ2v) is 5.37. The molecule has 5 heteroatoms. The highest BCUT2D eigenvalue weighted by atomic mass is 16.5. The molecule has 1 aromatic carbocycles. The molecule has 1 heterocycles. The fraction of sp³-hybridized carbons (Fsp3) is 0.467. The Kier molecular flexibility index (Phi) is 3.54. The molecule has 1 N–H and O–H groups in total. The van der Waals surface area contributed by atoms with Crippen LogP contribution in [0.3, 0.4) is 0 Å². The largest absolute Gasteiger partial charge is 0.387 e. The Hall–Kier alpha value is -1.72. The van der Waals surface area contributed by atoms with Gasteiger partial charge < -0.3 is 9.84 Å². The van der Waals surface area contributed by atoms with Gasteiger partial charge in [-0.05, 0) is 31.4 Å². The quantitative estimate of drug-likeness (QED) is 0.907. The van der Waals surface area contributed by atoms with Crippen LogP contribution >= 0.6 is 0 Å². The lowest BCUT2D eigenvalue weighted by Crippen LogP contribution is -2.40. The fourth-order valence-electron chi connectivity index (χ4n) is 2.76. The lowest BCUT2D eigenvalue weighted by Gasteiger charge is -2.41. The summed E-state index contributed by atoms with van der Waals surface area (Å²) in [6, 6.07) is 9.72. The van der Waals surface area contributed by atoms with Gasteiger partial charge in [0.1, 0.15) is 6.10 Å². The molecule has 1 unspecified atom stereocenters. The van der Waals surface area contributed by atoms with E-state index in [1.54, 1.807) is 18.0 Å². The second kappa shape index (κ2) is 5.34. The third-order valence-corrected chi connectivity index (χ3v) is 4.18. The van der Waals surface area contributed by atoms with E-state index in [0.717, 1.165) is 24.9 Å². The van der Waals surface area contributed by atoms with Crippen LogP contribution in [0.4, 0.5) is 0 Å². The summed E-state index contributed by atoms with van der Waals surface area (Å²) in [5.74, 6) is 0. The summed E-state index contributed by atoms with van der Waals surface area (Å²) in [4.78, 5) is 0. The van der Waals surface area contributed by atoms with Crippen LogP contribution in [-0.4, -0.2) is 32.8 Å². The van der Waals surface area contributed by atoms with Crippen molar-refractivity contribution in [2.75, 3.05) is 7.11 Å². The molecule has 0 amide bonds. The normalized spacial score (nSPS) is 18.5. The first-order valence-electron chi connectivity index (χ1n) is 6.93. The topological polar surface area (TPSA) is 60.2 Å². The molecule has 1 atom stereocenters. The van der Waals surface area contributed by atoms with Crippen LogP contribution < -0.4 is 0 Å². The summed E-state index contributed by atoms with van der Waals surface area (Å²) in [5, 5.41) is 18.5. The van der Waals surface area contributed by atoms with Crippen LogP contribution in [0.5, 0.6) is 0 Å². The molecule has 1 saturated carbocycles. The maximum absolute atomic E-state index is 10.5. The zero-order chi connectivity index (χ0) is 14.0. The van der Waals surface area contributed by atoms with E-state index < -0.39 is 6.10 Å². The number of ether oxygens (including phenoxy) is 1. The van der Waals surface area contributed by atoms with Crippen molar-refractivity contribution >= 4 is 0 Å². The monoisotopic (exact) mass is 273 g/mol. The van der Waals surface area contributed by atoms with Crippen molar-refractivity contribution in [1.29, 1.82) is 0 Å². The van der Waals surface area contributed by atoms with Gasteiger partial charge in [-0.3, -0.25) is 0 Å². The zero-order valence-electron chi connectivity index (χ0n) is 11.6. The number of rotatable bonds is 5. The van der Waals surface area contributed by atoms with Crippen molar-refractivity contribution in [3.8, 4) is 5.69 Å². The number of methoxy groups -OCH3 is 1. The van der Waals surface area contributed by atoms with Gasteiger partial charge in [0.2, 0.25) is 0 Å². The van der Waals surface area contributed by atoms with E-state index in [1.807, 2.05) is 30.3 Å². The lowest BCUT2D eigenvalue weighted by atomic mass is 9.76. The summed E-state index contributed by atoms with van der Waals surface area (Å²) in [7, 11) is 1.72. The predicted octanol–water partition coefficient (Wildman–Crippen LogP) is 2.26. The van der Waals surface area contributed by atoms with Crippen LogP contribution in [0, 0.1) is 0 Å². The van der Waals surface area contributed by atoms with Crippen molar-refractivity contribution in [2.45, 2.75) is 37.4 Å². The number of aliphatic hydroxyl groups is 1. The van der Waals surface area contributed by atoms with Crippen molar-refractivity contribution < 1.29 is 9.84 Å². The molecule has 106 valence electrons. The molecule has 0 spiro atoms. The van der Waals surface area contributed by atoms with Gasteiger partial charge in [0.15, 0.2) is 0 Å². The van der Waals surface area contributed by atoms with Crippen LogP contribution in [0.25, 0.3) is 5.69 Å².